The molecule has 5 heteroatoms. The topological polar surface area (TPSA) is 73.4 Å². The normalized spacial score (nSPS) is 11.1. The number of aromatic amines is 1. The van der Waals surface area contributed by atoms with Gasteiger partial charge in [-0.15, -0.1) is 0 Å². The van der Waals surface area contributed by atoms with Crippen molar-refractivity contribution >= 4 is 22.8 Å². The van der Waals surface area contributed by atoms with E-state index in [2.05, 4.69) is 4.98 Å². The largest absolute Gasteiger partial charge is 0.480 e. The van der Waals surface area contributed by atoms with Crippen LogP contribution in [0.2, 0.25) is 0 Å². The lowest BCUT2D eigenvalue weighted by Crippen LogP contribution is -2.40. The molecule has 1 amide bonds. The summed E-state index contributed by atoms with van der Waals surface area (Å²) in [4.78, 5) is 28.1. The first-order valence-electron chi connectivity index (χ1n) is 6.93. The summed E-state index contributed by atoms with van der Waals surface area (Å²) in [5.41, 5.74) is 3.67. The van der Waals surface area contributed by atoms with E-state index in [0.29, 0.717) is 5.56 Å². The van der Waals surface area contributed by atoms with Gasteiger partial charge in [0.25, 0.3) is 5.91 Å². The number of amides is 1. The number of carbonyl (C=O) groups excluding carboxylic acids is 1. The summed E-state index contributed by atoms with van der Waals surface area (Å²) >= 11 is 0. The van der Waals surface area contributed by atoms with E-state index < -0.39 is 5.97 Å². The van der Waals surface area contributed by atoms with Gasteiger partial charge >= 0.3 is 5.97 Å². The number of aliphatic carboxylic acids is 1. The van der Waals surface area contributed by atoms with E-state index in [1.165, 1.54) is 4.90 Å². The first-order chi connectivity index (χ1) is 9.81. The maximum atomic E-state index is 12.5. The van der Waals surface area contributed by atoms with Crippen LogP contribution in [0.1, 0.15) is 35.5 Å². The van der Waals surface area contributed by atoms with Crippen molar-refractivity contribution in [3.63, 3.8) is 0 Å². The second kappa shape index (κ2) is 5.60. The van der Waals surface area contributed by atoms with Crippen LogP contribution in [-0.4, -0.2) is 39.5 Å². The zero-order chi connectivity index (χ0) is 15.7. The SMILES string of the molecule is Cc1[nH]c2ccc(C(=O)N(CC(=O)O)C(C)C)cc2c1C. The first-order valence-corrected chi connectivity index (χ1v) is 6.93. The number of aromatic nitrogens is 1. The van der Waals surface area contributed by atoms with E-state index in [1.54, 1.807) is 6.07 Å². The summed E-state index contributed by atoms with van der Waals surface area (Å²) in [7, 11) is 0. The molecule has 0 saturated carbocycles. The van der Waals surface area contributed by atoms with Crippen molar-refractivity contribution in [2.75, 3.05) is 6.54 Å². The van der Waals surface area contributed by atoms with Crippen molar-refractivity contribution in [3.05, 3.63) is 35.0 Å². The molecule has 5 nitrogen and oxygen atoms in total. The molecule has 0 spiro atoms. The third kappa shape index (κ3) is 2.91. The molecule has 112 valence electrons. The smallest absolute Gasteiger partial charge is 0.323 e. The minimum absolute atomic E-state index is 0.168. The number of nitrogens with one attached hydrogen (secondary N) is 1. The Hall–Kier alpha value is -2.30. The molecule has 2 rings (SSSR count). The molecule has 1 heterocycles. The van der Waals surface area contributed by atoms with Crippen LogP contribution in [0.5, 0.6) is 0 Å². The molecule has 0 aliphatic rings. The van der Waals surface area contributed by atoms with Crippen molar-refractivity contribution in [3.8, 4) is 0 Å². The molecule has 0 fully saturated rings. The zero-order valence-corrected chi connectivity index (χ0v) is 12.7. The third-order valence-electron chi connectivity index (χ3n) is 3.75. The van der Waals surface area contributed by atoms with E-state index in [1.807, 2.05) is 39.8 Å². The van der Waals surface area contributed by atoms with Gasteiger partial charge < -0.3 is 15.0 Å². The second-order valence-corrected chi connectivity index (χ2v) is 5.56. The molecule has 0 aliphatic heterocycles. The number of hydrogen-bond donors (Lipinski definition) is 2. The summed E-state index contributed by atoms with van der Waals surface area (Å²) < 4.78 is 0. The van der Waals surface area contributed by atoms with E-state index in [4.69, 9.17) is 5.11 Å². The quantitative estimate of drug-likeness (QED) is 0.908. The van der Waals surface area contributed by atoms with Gasteiger partial charge in [0.05, 0.1) is 0 Å². The molecule has 0 radical (unpaired) electrons. The average Bonchev–Trinajstić information content (AvgIpc) is 2.70. The van der Waals surface area contributed by atoms with E-state index in [-0.39, 0.29) is 18.5 Å². The molecule has 0 atom stereocenters. The first kappa shape index (κ1) is 15.1. The molecule has 1 aromatic heterocycles. The molecule has 2 N–H and O–H groups in total. The highest BCUT2D eigenvalue weighted by molar-refractivity contribution is 6.00. The van der Waals surface area contributed by atoms with Crippen molar-refractivity contribution in [2.24, 2.45) is 0 Å². The second-order valence-electron chi connectivity index (χ2n) is 5.56. The molecule has 0 unspecified atom stereocenters. The number of aryl methyl sites for hydroxylation is 2. The molecule has 0 saturated heterocycles. The van der Waals surface area contributed by atoms with Crippen molar-refractivity contribution in [1.29, 1.82) is 0 Å². The monoisotopic (exact) mass is 288 g/mol. The molecular weight excluding hydrogens is 268 g/mol. The lowest BCUT2D eigenvalue weighted by atomic mass is 10.1. The van der Waals surface area contributed by atoms with Crippen molar-refractivity contribution < 1.29 is 14.7 Å². The van der Waals surface area contributed by atoms with Crippen LogP contribution in [0, 0.1) is 13.8 Å². The minimum Gasteiger partial charge on any atom is -0.480 e. The Bertz CT molecular complexity index is 701. The fraction of sp³-hybridized carbons (Fsp3) is 0.375. The standard InChI is InChI=1S/C16H20N2O3/c1-9(2)18(8-15(19)20)16(21)12-5-6-14-13(7-12)10(3)11(4)17-14/h5-7,9,17H,8H2,1-4H3,(H,19,20). The van der Waals surface area contributed by atoms with E-state index >= 15 is 0 Å². The van der Waals surface area contributed by atoms with Gasteiger partial charge in [0.15, 0.2) is 0 Å². The van der Waals surface area contributed by atoms with Crippen LogP contribution in [-0.2, 0) is 4.79 Å². The molecule has 0 aliphatic carbocycles. The van der Waals surface area contributed by atoms with Gasteiger partial charge in [0, 0.05) is 28.2 Å². The van der Waals surface area contributed by atoms with Crippen molar-refractivity contribution in [1.82, 2.24) is 9.88 Å². The molecule has 21 heavy (non-hydrogen) atoms. The molecule has 2 aromatic rings. The van der Waals surface area contributed by atoms with Gasteiger partial charge in [-0.05, 0) is 51.5 Å². The zero-order valence-electron chi connectivity index (χ0n) is 12.7. The number of benzene rings is 1. The number of H-pyrrole nitrogens is 1. The van der Waals surface area contributed by atoms with Crippen molar-refractivity contribution in [2.45, 2.75) is 33.7 Å². The third-order valence-corrected chi connectivity index (χ3v) is 3.75. The van der Waals surface area contributed by atoms with Gasteiger partial charge in [-0.3, -0.25) is 9.59 Å². The number of rotatable bonds is 4. The average molecular weight is 288 g/mol. The Labute approximate surface area is 123 Å². The fourth-order valence-electron chi connectivity index (χ4n) is 2.39. The number of nitrogens with zero attached hydrogens (tertiary/aromatic N) is 1. The highest BCUT2D eigenvalue weighted by Gasteiger charge is 2.21. The summed E-state index contributed by atoms with van der Waals surface area (Å²) in [6.45, 7) is 7.32. The Morgan fingerprint density at radius 2 is 1.95 bits per heavy atom. The summed E-state index contributed by atoms with van der Waals surface area (Å²) in [6.07, 6.45) is 0. The lowest BCUT2D eigenvalue weighted by molar-refractivity contribution is -0.138. The van der Waals surface area contributed by atoms with Gasteiger partial charge in [-0.25, -0.2) is 0 Å². The maximum absolute atomic E-state index is 12.5. The summed E-state index contributed by atoms with van der Waals surface area (Å²) in [6, 6.07) is 5.26. The number of fused-ring (bicyclic) bond motifs is 1. The minimum atomic E-state index is -1.01. The highest BCUT2D eigenvalue weighted by Crippen LogP contribution is 2.23. The predicted molar refractivity (Wildman–Crippen MR) is 81.6 cm³/mol. The molecule has 0 bridgehead atoms. The Balaban J connectivity index is 2.42. The number of carboxylic acid groups (broad SMARTS) is 1. The van der Waals surface area contributed by atoms with Crippen LogP contribution in [0.4, 0.5) is 0 Å². The van der Waals surface area contributed by atoms with Crippen LogP contribution < -0.4 is 0 Å². The summed E-state index contributed by atoms with van der Waals surface area (Å²) in [5, 5.41) is 9.95. The number of carbonyl (C=O) groups is 2. The van der Waals surface area contributed by atoms with Gasteiger partial charge in [0.2, 0.25) is 0 Å². The number of hydrogen-bond acceptors (Lipinski definition) is 2. The fourth-order valence-corrected chi connectivity index (χ4v) is 2.39. The Kier molecular flexibility index (Phi) is 4.02. The van der Waals surface area contributed by atoms with Crippen LogP contribution in [0.15, 0.2) is 18.2 Å². The predicted octanol–water partition coefficient (Wildman–Crippen LogP) is 2.72. The Morgan fingerprint density at radius 1 is 1.29 bits per heavy atom. The number of carboxylic acids is 1. The van der Waals surface area contributed by atoms with Gasteiger partial charge in [0.1, 0.15) is 6.54 Å². The van der Waals surface area contributed by atoms with Crippen LogP contribution in [0.25, 0.3) is 10.9 Å². The van der Waals surface area contributed by atoms with Crippen LogP contribution >= 0.6 is 0 Å². The molecular formula is C16H20N2O3. The highest BCUT2D eigenvalue weighted by atomic mass is 16.4. The van der Waals surface area contributed by atoms with E-state index in [9.17, 15) is 9.59 Å². The summed E-state index contributed by atoms with van der Waals surface area (Å²) in [5.74, 6) is -1.26. The maximum Gasteiger partial charge on any atom is 0.323 e. The van der Waals surface area contributed by atoms with Crippen LogP contribution in [0.3, 0.4) is 0 Å². The van der Waals surface area contributed by atoms with E-state index in [0.717, 1.165) is 22.2 Å². The van der Waals surface area contributed by atoms with Gasteiger partial charge in [-0.1, -0.05) is 0 Å². The Morgan fingerprint density at radius 3 is 2.52 bits per heavy atom. The van der Waals surface area contributed by atoms with Gasteiger partial charge in [-0.2, -0.15) is 0 Å². The molecule has 1 aromatic carbocycles. The lowest BCUT2D eigenvalue weighted by Gasteiger charge is -2.25.